The Morgan fingerprint density at radius 2 is 1.62 bits per heavy atom. The first-order chi connectivity index (χ1) is 14.8. The minimum Gasteiger partial charge on any atom is -0.373 e. The average molecular weight is 457 g/mol. The van der Waals surface area contributed by atoms with Gasteiger partial charge in [0.2, 0.25) is 5.91 Å². The van der Waals surface area contributed by atoms with Gasteiger partial charge in [0.25, 0.3) is 0 Å². The number of carbonyl (C=O) groups excluding carboxylic acids is 1. The fraction of sp³-hybridized carbons (Fsp3) is 0.435. The maximum Gasteiger partial charge on any atom is 0.416 e. The van der Waals surface area contributed by atoms with Crippen LogP contribution in [0.4, 0.5) is 26.3 Å². The van der Waals surface area contributed by atoms with E-state index in [9.17, 15) is 31.1 Å². The third kappa shape index (κ3) is 3.66. The molecule has 0 bridgehead atoms. The lowest BCUT2D eigenvalue weighted by molar-refractivity contribution is -0.143. The van der Waals surface area contributed by atoms with Gasteiger partial charge in [0.1, 0.15) is 0 Å². The second-order valence-electron chi connectivity index (χ2n) is 8.77. The van der Waals surface area contributed by atoms with Crippen LogP contribution in [0.2, 0.25) is 0 Å². The summed E-state index contributed by atoms with van der Waals surface area (Å²) in [6.45, 7) is 1.47. The Hall–Kier alpha value is -2.55. The number of fused-ring (bicyclic) bond motifs is 1. The van der Waals surface area contributed by atoms with E-state index in [-0.39, 0.29) is 24.2 Å². The Balaban J connectivity index is 1.60. The standard InChI is InChI=1S/C23H21F6NO2/c1-13(14-7-16(22(24,25)26)9-17(8-14)23(27,28)29)32-12-21(15-5-3-2-4-6-15)11-20(19(30)31)10-18(20)21/h2-9,13,18H,10-12H2,1H3,(H2,30,31)/t13-,18?,20+,21+/m1/s1. The molecule has 2 saturated carbocycles. The van der Waals surface area contributed by atoms with Gasteiger partial charge in [0.15, 0.2) is 0 Å². The fourth-order valence-electron chi connectivity index (χ4n) is 5.03. The van der Waals surface area contributed by atoms with Crippen molar-refractivity contribution in [3.8, 4) is 0 Å². The third-order valence-electron chi connectivity index (χ3n) is 6.88. The summed E-state index contributed by atoms with van der Waals surface area (Å²) < 4.78 is 85.0. The van der Waals surface area contributed by atoms with Crippen LogP contribution in [-0.4, -0.2) is 12.5 Å². The van der Waals surface area contributed by atoms with E-state index in [0.29, 0.717) is 25.0 Å². The van der Waals surface area contributed by atoms with Crippen LogP contribution in [0.15, 0.2) is 48.5 Å². The lowest BCUT2D eigenvalue weighted by atomic mass is 9.59. The van der Waals surface area contributed by atoms with Gasteiger partial charge in [-0.05, 0) is 55.0 Å². The molecule has 4 rings (SSSR count). The molecule has 172 valence electrons. The molecule has 0 spiro atoms. The number of rotatable bonds is 6. The number of hydrogen-bond acceptors (Lipinski definition) is 2. The van der Waals surface area contributed by atoms with Gasteiger partial charge in [0, 0.05) is 5.41 Å². The van der Waals surface area contributed by atoms with Crippen molar-refractivity contribution in [2.75, 3.05) is 6.61 Å². The van der Waals surface area contributed by atoms with Crippen molar-refractivity contribution in [1.29, 1.82) is 0 Å². The molecule has 1 unspecified atom stereocenters. The Labute approximate surface area is 180 Å². The number of benzene rings is 2. The van der Waals surface area contributed by atoms with Crippen molar-refractivity contribution < 1.29 is 35.9 Å². The van der Waals surface area contributed by atoms with E-state index in [1.54, 1.807) is 0 Å². The summed E-state index contributed by atoms with van der Waals surface area (Å²) in [6, 6.07) is 10.7. The predicted octanol–water partition coefficient (Wildman–Crippen LogP) is 5.64. The van der Waals surface area contributed by atoms with Crippen molar-refractivity contribution in [3.63, 3.8) is 0 Å². The fourth-order valence-corrected chi connectivity index (χ4v) is 5.03. The largest absolute Gasteiger partial charge is 0.416 e. The number of amides is 1. The Kier molecular flexibility index (Phi) is 5.11. The van der Waals surface area contributed by atoms with Crippen LogP contribution in [0.25, 0.3) is 0 Å². The molecule has 32 heavy (non-hydrogen) atoms. The smallest absolute Gasteiger partial charge is 0.373 e. The van der Waals surface area contributed by atoms with Gasteiger partial charge in [0.05, 0.1) is 29.3 Å². The van der Waals surface area contributed by atoms with Gasteiger partial charge >= 0.3 is 12.4 Å². The molecule has 2 aliphatic rings. The first kappa shape index (κ1) is 22.6. The summed E-state index contributed by atoms with van der Waals surface area (Å²) in [5, 5.41) is 0. The van der Waals surface area contributed by atoms with Crippen LogP contribution in [0.3, 0.4) is 0 Å². The zero-order valence-corrected chi connectivity index (χ0v) is 17.1. The van der Waals surface area contributed by atoms with Crippen LogP contribution in [-0.2, 0) is 27.3 Å². The number of halogens is 6. The van der Waals surface area contributed by atoms with Crippen molar-refractivity contribution >= 4 is 5.91 Å². The molecular weight excluding hydrogens is 436 g/mol. The number of nitrogens with two attached hydrogens (primary N) is 1. The molecule has 0 aromatic heterocycles. The summed E-state index contributed by atoms with van der Waals surface area (Å²) in [6.07, 6.45) is -9.85. The van der Waals surface area contributed by atoms with E-state index in [2.05, 4.69) is 0 Å². The van der Waals surface area contributed by atoms with Gasteiger partial charge in [-0.3, -0.25) is 4.79 Å². The van der Waals surface area contributed by atoms with E-state index >= 15 is 0 Å². The van der Waals surface area contributed by atoms with Gasteiger partial charge in [-0.2, -0.15) is 26.3 Å². The first-order valence-electron chi connectivity index (χ1n) is 10.1. The molecule has 9 heteroatoms. The van der Waals surface area contributed by atoms with E-state index in [1.165, 1.54) is 6.92 Å². The molecule has 0 radical (unpaired) electrons. The van der Waals surface area contributed by atoms with Crippen LogP contribution in [0, 0.1) is 11.3 Å². The average Bonchev–Trinajstić information content (AvgIpc) is 3.35. The van der Waals surface area contributed by atoms with Crippen LogP contribution in [0.5, 0.6) is 0 Å². The van der Waals surface area contributed by atoms with Crippen LogP contribution >= 0.6 is 0 Å². The molecule has 2 fully saturated rings. The Bertz CT molecular complexity index is 1000. The molecule has 0 saturated heterocycles. The quantitative estimate of drug-likeness (QED) is 0.572. The van der Waals surface area contributed by atoms with Crippen molar-refractivity contribution in [3.05, 3.63) is 70.8 Å². The second-order valence-corrected chi connectivity index (χ2v) is 8.77. The topological polar surface area (TPSA) is 52.3 Å². The van der Waals surface area contributed by atoms with Gasteiger partial charge < -0.3 is 10.5 Å². The maximum atomic E-state index is 13.2. The van der Waals surface area contributed by atoms with E-state index in [0.717, 1.165) is 5.56 Å². The molecule has 3 nitrogen and oxygen atoms in total. The van der Waals surface area contributed by atoms with Gasteiger partial charge in [-0.25, -0.2) is 0 Å². The van der Waals surface area contributed by atoms with E-state index in [1.807, 2.05) is 30.3 Å². The lowest BCUT2D eigenvalue weighted by Gasteiger charge is -2.46. The van der Waals surface area contributed by atoms with E-state index in [4.69, 9.17) is 10.5 Å². The van der Waals surface area contributed by atoms with Gasteiger partial charge in [-0.15, -0.1) is 0 Å². The molecule has 2 aliphatic carbocycles. The maximum absolute atomic E-state index is 13.2. The minimum atomic E-state index is -4.93. The Morgan fingerprint density at radius 1 is 1.06 bits per heavy atom. The molecule has 2 aromatic rings. The van der Waals surface area contributed by atoms with E-state index < -0.39 is 46.3 Å². The molecule has 0 heterocycles. The van der Waals surface area contributed by atoms with Crippen molar-refractivity contribution in [1.82, 2.24) is 0 Å². The first-order valence-corrected chi connectivity index (χ1v) is 10.1. The number of hydrogen-bond donors (Lipinski definition) is 1. The summed E-state index contributed by atoms with van der Waals surface area (Å²) in [4.78, 5) is 11.9. The van der Waals surface area contributed by atoms with Crippen molar-refractivity contribution in [2.45, 2.75) is 43.6 Å². The highest BCUT2D eigenvalue weighted by Gasteiger charge is 2.78. The van der Waals surface area contributed by atoms with Crippen LogP contribution < -0.4 is 5.73 Å². The molecule has 2 aromatic carbocycles. The second kappa shape index (κ2) is 7.23. The van der Waals surface area contributed by atoms with Crippen LogP contribution in [0.1, 0.15) is 48.1 Å². The summed E-state index contributed by atoms with van der Waals surface area (Å²) in [5.41, 5.74) is 2.32. The highest BCUT2D eigenvalue weighted by Crippen LogP contribution is 2.76. The molecule has 1 amide bonds. The number of ether oxygens (including phenoxy) is 1. The molecule has 2 N–H and O–H groups in total. The highest BCUT2D eigenvalue weighted by molar-refractivity contribution is 5.87. The highest BCUT2D eigenvalue weighted by atomic mass is 19.4. The molecule has 0 aliphatic heterocycles. The monoisotopic (exact) mass is 457 g/mol. The number of alkyl halides is 6. The molecular formula is C23H21F6NO2. The Morgan fingerprint density at radius 3 is 2.06 bits per heavy atom. The summed E-state index contributed by atoms with van der Waals surface area (Å²) in [5.74, 6) is -0.454. The number of primary amides is 1. The summed E-state index contributed by atoms with van der Waals surface area (Å²) in [7, 11) is 0. The normalized spacial score (nSPS) is 27.9. The lowest BCUT2D eigenvalue weighted by Crippen LogP contribution is -2.51. The minimum absolute atomic E-state index is 0.0511. The predicted molar refractivity (Wildman–Crippen MR) is 103 cm³/mol. The summed E-state index contributed by atoms with van der Waals surface area (Å²) >= 11 is 0. The van der Waals surface area contributed by atoms with Crippen molar-refractivity contribution in [2.24, 2.45) is 17.1 Å². The SMILES string of the molecule is C[C@@H](OC[C@]1(c2ccccc2)C[C@@]2(C(N)=O)CC21)c1cc(C(F)(F)F)cc(C(F)(F)F)c1. The zero-order chi connectivity index (χ0) is 23.5. The number of carbonyl (C=O) groups is 1. The van der Waals surface area contributed by atoms with Gasteiger partial charge in [-0.1, -0.05) is 30.3 Å². The third-order valence-corrected chi connectivity index (χ3v) is 6.88. The molecule has 4 atom stereocenters. The zero-order valence-electron chi connectivity index (χ0n) is 17.1.